The van der Waals surface area contributed by atoms with Gasteiger partial charge >= 0.3 is 0 Å². The van der Waals surface area contributed by atoms with E-state index in [-0.39, 0.29) is 11.9 Å². The third-order valence-electron chi connectivity index (χ3n) is 6.55. The molecule has 0 spiro atoms. The maximum absolute atomic E-state index is 13.0. The number of aromatic nitrogens is 1. The summed E-state index contributed by atoms with van der Waals surface area (Å²) in [7, 11) is 0. The molecule has 1 aromatic heterocycles. The molecule has 3 heterocycles. The molecular weight excluding hydrogens is 420 g/mol. The Labute approximate surface area is 193 Å². The topological polar surface area (TPSA) is 57.7 Å². The number of carbonyl (C=O) groups excluding carboxylic acids is 1. The molecule has 2 fully saturated rings. The van der Waals surface area contributed by atoms with E-state index in [2.05, 4.69) is 45.4 Å². The van der Waals surface area contributed by atoms with E-state index in [0.29, 0.717) is 5.92 Å². The quantitative estimate of drug-likeness (QED) is 0.627. The van der Waals surface area contributed by atoms with Gasteiger partial charge in [0.05, 0.1) is 34.5 Å². The number of ether oxygens (including phenoxy) is 1. The number of nitrogens with zero attached hydrogens (tertiary/aromatic N) is 3. The molecule has 168 valence electrons. The minimum atomic E-state index is -0.175. The fraction of sp³-hybridized carbons (Fsp3) is 0.440. The van der Waals surface area contributed by atoms with Crippen LogP contribution in [0.4, 0.5) is 11.4 Å². The van der Waals surface area contributed by atoms with E-state index >= 15 is 0 Å². The average Bonchev–Trinajstić information content (AvgIpc) is 3.29. The molecule has 0 bridgehead atoms. The lowest BCUT2D eigenvalue weighted by molar-refractivity contribution is -0.121. The summed E-state index contributed by atoms with van der Waals surface area (Å²) >= 11 is 1.79. The number of amides is 1. The second kappa shape index (κ2) is 9.57. The number of carbonyl (C=O) groups is 1. The van der Waals surface area contributed by atoms with Gasteiger partial charge in [-0.1, -0.05) is 12.1 Å². The van der Waals surface area contributed by atoms with Gasteiger partial charge in [-0.15, -0.1) is 11.3 Å². The molecule has 0 unspecified atom stereocenters. The van der Waals surface area contributed by atoms with Crippen molar-refractivity contribution in [3.05, 3.63) is 53.5 Å². The van der Waals surface area contributed by atoms with Crippen LogP contribution in [0.2, 0.25) is 0 Å². The second-order valence-electron chi connectivity index (χ2n) is 8.67. The Hall–Kier alpha value is -2.48. The van der Waals surface area contributed by atoms with E-state index in [1.807, 2.05) is 25.1 Å². The van der Waals surface area contributed by atoms with Crippen LogP contribution in [-0.4, -0.2) is 61.2 Å². The number of benzene rings is 2. The van der Waals surface area contributed by atoms with E-state index in [1.54, 1.807) is 11.3 Å². The maximum atomic E-state index is 13.0. The first-order valence-electron chi connectivity index (χ1n) is 11.5. The summed E-state index contributed by atoms with van der Waals surface area (Å²) in [5.74, 6) is 0.443. The third-order valence-corrected chi connectivity index (χ3v) is 7.75. The van der Waals surface area contributed by atoms with Crippen molar-refractivity contribution < 1.29 is 9.53 Å². The van der Waals surface area contributed by atoms with Crippen molar-refractivity contribution in [2.75, 3.05) is 49.6 Å². The first-order chi connectivity index (χ1) is 15.7. The lowest BCUT2D eigenvalue weighted by Crippen LogP contribution is -2.46. The molecule has 6 nitrogen and oxygen atoms in total. The molecule has 0 radical (unpaired) electrons. The van der Waals surface area contributed by atoms with E-state index in [4.69, 9.17) is 9.72 Å². The van der Waals surface area contributed by atoms with Crippen LogP contribution >= 0.6 is 11.3 Å². The molecule has 5 rings (SSSR count). The first-order valence-corrected chi connectivity index (χ1v) is 12.3. The number of morpholine rings is 1. The number of hydrogen-bond donors (Lipinski definition) is 1. The normalized spacial score (nSPS) is 20.9. The molecule has 2 aliphatic rings. The van der Waals surface area contributed by atoms with Crippen molar-refractivity contribution >= 4 is 38.8 Å². The Morgan fingerprint density at radius 3 is 2.69 bits per heavy atom. The number of anilines is 2. The van der Waals surface area contributed by atoms with Gasteiger partial charge in [0.15, 0.2) is 0 Å². The molecule has 3 aromatic rings. The zero-order valence-corrected chi connectivity index (χ0v) is 19.3. The SMILES string of the molecule is C[C@@H](C(=O)Nc1ccc(N2CCOCC2)cc1)N1CCC[C@H](c2nc3ccccc3s2)C1. The molecule has 2 aromatic carbocycles. The van der Waals surface area contributed by atoms with Gasteiger partial charge in [0.25, 0.3) is 0 Å². The molecule has 0 aliphatic carbocycles. The smallest absolute Gasteiger partial charge is 0.241 e. The highest BCUT2D eigenvalue weighted by molar-refractivity contribution is 7.18. The van der Waals surface area contributed by atoms with Gasteiger partial charge in [-0.25, -0.2) is 4.98 Å². The lowest BCUT2D eigenvalue weighted by Gasteiger charge is -2.35. The van der Waals surface area contributed by atoms with Crippen molar-refractivity contribution in [3.8, 4) is 0 Å². The van der Waals surface area contributed by atoms with Gasteiger partial charge in [0.1, 0.15) is 0 Å². The number of para-hydroxylation sites is 1. The van der Waals surface area contributed by atoms with Crippen molar-refractivity contribution in [1.82, 2.24) is 9.88 Å². The number of likely N-dealkylation sites (tertiary alicyclic amines) is 1. The summed E-state index contributed by atoms with van der Waals surface area (Å²) in [6.07, 6.45) is 2.22. The number of piperidine rings is 1. The molecule has 1 amide bonds. The molecule has 32 heavy (non-hydrogen) atoms. The fourth-order valence-electron chi connectivity index (χ4n) is 4.61. The molecule has 7 heteroatoms. The minimum absolute atomic E-state index is 0.0501. The summed E-state index contributed by atoms with van der Waals surface area (Å²) in [6, 6.07) is 16.3. The van der Waals surface area contributed by atoms with Crippen molar-refractivity contribution in [2.45, 2.75) is 31.7 Å². The first kappa shape index (κ1) is 21.4. The molecule has 1 N–H and O–H groups in total. The van der Waals surface area contributed by atoms with Gasteiger partial charge < -0.3 is 15.0 Å². The molecular formula is C25H30N4O2S. The van der Waals surface area contributed by atoms with Gasteiger partial charge in [-0.3, -0.25) is 9.69 Å². The predicted octanol–water partition coefficient (Wildman–Crippen LogP) is 4.34. The second-order valence-corrected chi connectivity index (χ2v) is 9.73. The van der Waals surface area contributed by atoms with Crippen LogP contribution in [0.25, 0.3) is 10.2 Å². The average molecular weight is 451 g/mol. The Bertz CT molecular complexity index is 1030. The van der Waals surface area contributed by atoms with Crippen molar-refractivity contribution in [1.29, 1.82) is 0 Å². The standard InChI is InChI=1S/C25H30N4O2S/c1-18(24(30)26-20-8-10-21(11-9-20)28-13-15-31-16-14-28)29-12-4-5-19(17-29)25-27-22-6-2-3-7-23(22)32-25/h2-3,6-11,18-19H,4-5,12-17H2,1H3,(H,26,30)/t18-,19-/m0/s1. The monoisotopic (exact) mass is 450 g/mol. The van der Waals surface area contributed by atoms with Crippen LogP contribution in [-0.2, 0) is 9.53 Å². The van der Waals surface area contributed by atoms with Crippen molar-refractivity contribution in [2.24, 2.45) is 0 Å². The summed E-state index contributed by atoms with van der Waals surface area (Å²) < 4.78 is 6.67. The number of rotatable bonds is 5. The summed E-state index contributed by atoms with van der Waals surface area (Å²) in [5.41, 5.74) is 3.10. The Morgan fingerprint density at radius 2 is 1.91 bits per heavy atom. The zero-order chi connectivity index (χ0) is 21.9. The molecule has 2 atom stereocenters. The van der Waals surface area contributed by atoms with Gasteiger partial charge in [-0.05, 0) is 62.7 Å². The Balaban J connectivity index is 1.20. The van der Waals surface area contributed by atoms with Crippen LogP contribution in [0.3, 0.4) is 0 Å². The fourth-order valence-corrected chi connectivity index (χ4v) is 5.71. The number of fused-ring (bicyclic) bond motifs is 1. The van der Waals surface area contributed by atoms with Crippen LogP contribution in [0.5, 0.6) is 0 Å². The van der Waals surface area contributed by atoms with Gasteiger partial charge in [-0.2, -0.15) is 0 Å². The molecule has 0 saturated carbocycles. The van der Waals surface area contributed by atoms with Gasteiger partial charge in [0, 0.05) is 36.9 Å². The van der Waals surface area contributed by atoms with Crippen LogP contribution in [0.1, 0.15) is 30.7 Å². The maximum Gasteiger partial charge on any atom is 0.241 e. The highest BCUT2D eigenvalue weighted by atomic mass is 32.1. The predicted molar refractivity (Wildman–Crippen MR) is 131 cm³/mol. The van der Waals surface area contributed by atoms with Crippen LogP contribution < -0.4 is 10.2 Å². The summed E-state index contributed by atoms with van der Waals surface area (Å²) in [6.45, 7) is 7.20. The summed E-state index contributed by atoms with van der Waals surface area (Å²) in [4.78, 5) is 22.5. The van der Waals surface area contributed by atoms with Crippen LogP contribution in [0.15, 0.2) is 48.5 Å². The van der Waals surface area contributed by atoms with E-state index < -0.39 is 0 Å². The van der Waals surface area contributed by atoms with E-state index in [1.165, 1.54) is 15.4 Å². The minimum Gasteiger partial charge on any atom is -0.378 e. The Morgan fingerprint density at radius 1 is 1.12 bits per heavy atom. The largest absolute Gasteiger partial charge is 0.378 e. The lowest BCUT2D eigenvalue weighted by atomic mass is 9.97. The summed E-state index contributed by atoms with van der Waals surface area (Å²) in [5, 5.41) is 4.30. The van der Waals surface area contributed by atoms with E-state index in [9.17, 15) is 4.79 Å². The Kier molecular flexibility index (Phi) is 6.39. The number of nitrogens with one attached hydrogen (secondary N) is 1. The molecule has 2 saturated heterocycles. The zero-order valence-electron chi connectivity index (χ0n) is 18.5. The highest BCUT2D eigenvalue weighted by Gasteiger charge is 2.29. The van der Waals surface area contributed by atoms with E-state index in [0.717, 1.165) is 63.4 Å². The number of thiazole rings is 1. The third kappa shape index (κ3) is 4.65. The van der Waals surface area contributed by atoms with Crippen molar-refractivity contribution in [3.63, 3.8) is 0 Å². The van der Waals surface area contributed by atoms with Gasteiger partial charge in [0.2, 0.25) is 5.91 Å². The number of hydrogen-bond acceptors (Lipinski definition) is 6. The highest BCUT2D eigenvalue weighted by Crippen LogP contribution is 2.33. The molecule has 2 aliphatic heterocycles. The van der Waals surface area contributed by atoms with Crippen LogP contribution in [0, 0.1) is 0 Å².